The van der Waals surface area contributed by atoms with Crippen LogP contribution in [-0.2, 0) is 0 Å². The maximum Gasteiger partial charge on any atom is 0.170 e. The second-order valence-corrected chi connectivity index (χ2v) is 3.23. The lowest BCUT2D eigenvalue weighted by Gasteiger charge is -2.32. The zero-order valence-electron chi connectivity index (χ0n) is 7.72. The topological polar surface area (TPSA) is 74.7 Å². The summed E-state index contributed by atoms with van der Waals surface area (Å²) in [4.78, 5) is 6.36. The minimum atomic E-state index is 0.120. The number of hydrogen-bond acceptors (Lipinski definition) is 4. The molecule has 1 aromatic rings. The van der Waals surface area contributed by atoms with Crippen LogP contribution in [0.1, 0.15) is 12.0 Å². The molecule has 1 aliphatic rings. The SMILES string of the molecule is N/C(=N/O)c1ccnc(N2CCC2)c1. The number of rotatable bonds is 2. The summed E-state index contributed by atoms with van der Waals surface area (Å²) in [6.45, 7) is 2.07. The van der Waals surface area contributed by atoms with Crippen molar-refractivity contribution >= 4 is 11.7 Å². The van der Waals surface area contributed by atoms with Gasteiger partial charge >= 0.3 is 0 Å². The first-order chi connectivity index (χ1) is 6.81. The highest BCUT2D eigenvalue weighted by Crippen LogP contribution is 2.18. The van der Waals surface area contributed by atoms with E-state index in [1.54, 1.807) is 12.3 Å². The highest BCUT2D eigenvalue weighted by molar-refractivity contribution is 5.97. The van der Waals surface area contributed by atoms with E-state index < -0.39 is 0 Å². The average molecular weight is 192 g/mol. The number of aromatic nitrogens is 1. The molecule has 5 nitrogen and oxygen atoms in total. The van der Waals surface area contributed by atoms with Crippen molar-refractivity contribution in [3.05, 3.63) is 23.9 Å². The van der Waals surface area contributed by atoms with Crippen molar-refractivity contribution in [3.8, 4) is 0 Å². The van der Waals surface area contributed by atoms with E-state index in [0.717, 1.165) is 18.9 Å². The summed E-state index contributed by atoms with van der Waals surface area (Å²) >= 11 is 0. The molecule has 0 amide bonds. The summed E-state index contributed by atoms with van der Waals surface area (Å²) in [5.74, 6) is 1.01. The van der Waals surface area contributed by atoms with Crippen LogP contribution in [0.15, 0.2) is 23.5 Å². The van der Waals surface area contributed by atoms with Gasteiger partial charge in [-0.1, -0.05) is 5.16 Å². The van der Waals surface area contributed by atoms with Crippen LogP contribution >= 0.6 is 0 Å². The van der Waals surface area contributed by atoms with Gasteiger partial charge in [0.15, 0.2) is 5.84 Å². The van der Waals surface area contributed by atoms with Crippen molar-refractivity contribution in [1.82, 2.24) is 4.98 Å². The zero-order chi connectivity index (χ0) is 9.97. The molecule has 5 heteroatoms. The fourth-order valence-corrected chi connectivity index (χ4v) is 1.35. The van der Waals surface area contributed by atoms with Crippen LogP contribution in [0, 0.1) is 0 Å². The Kier molecular flexibility index (Phi) is 2.22. The minimum Gasteiger partial charge on any atom is -0.409 e. The Morgan fingerprint density at radius 1 is 1.57 bits per heavy atom. The molecule has 0 aromatic carbocycles. The zero-order valence-corrected chi connectivity index (χ0v) is 7.72. The smallest absolute Gasteiger partial charge is 0.170 e. The van der Waals surface area contributed by atoms with Gasteiger partial charge in [0, 0.05) is 24.8 Å². The Hall–Kier alpha value is -1.78. The molecule has 0 saturated carbocycles. The van der Waals surface area contributed by atoms with Crippen LogP contribution in [0.5, 0.6) is 0 Å². The second-order valence-electron chi connectivity index (χ2n) is 3.23. The molecule has 0 spiro atoms. The molecule has 0 aliphatic carbocycles. The van der Waals surface area contributed by atoms with Gasteiger partial charge in [-0.25, -0.2) is 4.98 Å². The van der Waals surface area contributed by atoms with Crippen molar-refractivity contribution in [2.45, 2.75) is 6.42 Å². The lowest BCUT2D eigenvalue weighted by Crippen LogP contribution is -2.37. The summed E-state index contributed by atoms with van der Waals surface area (Å²) in [6.07, 6.45) is 2.87. The van der Waals surface area contributed by atoms with E-state index in [4.69, 9.17) is 10.9 Å². The summed E-state index contributed by atoms with van der Waals surface area (Å²) in [6, 6.07) is 3.55. The van der Waals surface area contributed by atoms with Gasteiger partial charge in [-0.2, -0.15) is 0 Å². The van der Waals surface area contributed by atoms with Crippen LogP contribution in [0.25, 0.3) is 0 Å². The highest BCUT2D eigenvalue weighted by Gasteiger charge is 2.16. The van der Waals surface area contributed by atoms with Crippen molar-refractivity contribution in [1.29, 1.82) is 0 Å². The number of hydrogen-bond donors (Lipinski definition) is 2. The molecule has 1 fully saturated rings. The summed E-state index contributed by atoms with van der Waals surface area (Å²) in [5.41, 5.74) is 6.17. The maximum absolute atomic E-state index is 8.52. The summed E-state index contributed by atoms with van der Waals surface area (Å²) in [5, 5.41) is 11.5. The molecular weight excluding hydrogens is 180 g/mol. The molecule has 2 heterocycles. The van der Waals surface area contributed by atoms with E-state index in [-0.39, 0.29) is 5.84 Å². The first-order valence-corrected chi connectivity index (χ1v) is 4.50. The number of anilines is 1. The lowest BCUT2D eigenvalue weighted by molar-refractivity contribution is 0.318. The second kappa shape index (κ2) is 3.53. The molecule has 0 radical (unpaired) electrons. The van der Waals surface area contributed by atoms with Crippen molar-refractivity contribution < 1.29 is 5.21 Å². The lowest BCUT2D eigenvalue weighted by atomic mass is 10.2. The fraction of sp³-hybridized carbons (Fsp3) is 0.333. The standard InChI is InChI=1S/C9H12N4O/c10-9(12-14)7-2-3-11-8(6-7)13-4-1-5-13/h2-3,6,14H,1,4-5H2,(H2,10,12). The molecule has 0 bridgehead atoms. The normalized spacial score (nSPS) is 16.6. The molecule has 0 unspecified atom stereocenters. The Bertz CT molecular complexity index is 360. The van der Waals surface area contributed by atoms with E-state index in [1.807, 2.05) is 6.07 Å². The van der Waals surface area contributed by atoms with Gasteiger partial charge in [-0.15, -0.1) is 0 Å². The molecule has 74 valence electrons. The number of oxime groups is 1. The van der Waals surface area contributed by atoms with Gasteiger partial charge in [0.25, 0.3) is 0 Å². The molecular formula is C9H12N4O. The van der Waals surface area contributed by atoms with E-state index in [9.17, 15) is 0 Å². The number of amidine groups is 1. The van der Waals surface area contributed by atoms with E-state index >= 15 is 0 Å². The first-order valence-electron chi connectivity index (χ1n) is 4.50. The summed E-state index contributed by atoms with van der Waals surface area (Å²) in [7, 11) is 0. The third-order valence-corrected chi connectivity index (χ3v) is 2.33. The number of nitrogens with two attached hydrogens (primary N) is 1. The van der Waals surface area contributed by atoms with Gasteiger partial charge in [0.05, 0.1) is 0 Å². The first kappa shape index (κ1) is 8.80. The van der Waals surface area contributed by atoms with Crippen LogP contribution in [0.3, 0.4) is 0 Å². The van der Waals surface area contributed by atoms with Crippen molar-refractivity contribution in [2.24, 2.45) is 10.9 Å². The third-order valence-electron chi connectivity index (χ3n) is 2.33. The van der Waals surface area contributed by atoms with E-state index in [1.165, 1.54) is 6.42 Å². The number of pyridine rings is 1. The van der Waals surface area contributed by atoms with E-state index in [0.29, 0.717) is 5.56 Å². The number of nitrogens with zero attached hydrogens (tertiary/aromatic N) is 3. The molecule has 2 rings (SSSR count). The van der Waals surface area contributed by atoms with Crippen LogP contribution in [0.4, 0.5) is 5.82 Å². The van der Waals surface area contributed by atoms with Crippen LogP contribution in [0.2, 0.25) is 0 Å². The fourth-order valence-electron chi connectivity index (χ4n) is 1.35. The Balaban J connectivity index is 2.26. The monoisotopic (exact) mass is 192 g/mol. The van der Waals surface area contributed by atoms with Gasteiger partial charge in [-0.05, 0) is 18.6 Å². The largest absolute Gasteiger partial charge is 0.409 e. The van der Waals surface area contributed by atoms with Crippen LogP contribution in [-0.4, -0.2) is 29.1 Å². The minimum absolute atomic E-state index is 0.120. The molecule has 14 heavy (non-hydrogen) atoms. The predicted octanol–water partition coefficient (Wildman–Crippen LogP) is 0.386. The Morgan fingerprint density at radius 3 is 2.93 bits per heavy atom. The summed E-state index contributed by atoms with van der Waals surface area (Å²) < 4.78 is 0. The van der Waals surface area contributed by atoms with Gasteiger partial charge < -0.3 is 15.8 Å². The van der Waals surface area contributed by atoms with Gasteiger partial charge in [-0.3, -0.25) is 0 Å². The maximum atomic E-state index is 8.52. The quantitative estimate of drug-likeness (QED) is 0.307. The molecule has 1 saturated heterocycles. The Morgan fingerprint density at radius 2 is 2.36 bits per heavy atom. The molecule has 0 atom stereocenters. The predicted molar refractivity (Wildman–Crippen MR) is 53.6 cm³/mol. The molecule has 3 N–H and O–H groups in total. The van der Waals surface area contributed by atoms with Crippen LogP contribution < -0.4 is 10.6 Å². The van der Waals surface area contributed by atoms with Crippen molar-refractivity contribution in [3.63, 3.8) is 0 Å². The molecule has 1 aliphatic heterocycles. The average Bonchev–Trinajstić information content (AvgIpc) is 2.14. The van der Waals surface area contributed by atoms with Crippen molar-refractivity contribution in [2.75, 3.05) is 18.0 Å². The van der Waals surface area contributed by atoms with Gasteiger partial charge in [0.2, 0.25) is 0 Å². The third kappa shape index (κ3) is 1.48. The highest BCUT2D eigenvalue weighted by atomic mass is 16.4. The van der Waals surface area contributed by atoms with Gasteiger partial charge in [0.1, 0.15) is 5.82 Å². The molecule has 1 aromatic heterocycles. The van der Waals surface area contributed by atoms with E-state index in [2.05, 4.69) is 15.0 Å². The Labute approximate surface area is 81.8 Å².